The second-order valence-corrected chi connectivity index (χ2v) is 3.28. The van der Waals surface area contributed by atoms with Gasteiger partial charge in [0, 0.05) is 30.9 Å². The van der Waals surface area contributed by atoms with Gasteiger partial charge >= 0.3 is 5.97 Å². The number of aliphatic carboxylic acids is 1. The van der Waals surface area contributed by atoms with E-state index in [1.54, 1.807) is 6.20 Å². The Hall–Kier alpha value is -2.10. The summed E-state index contributed by atoms with van der Waals surface area (Å²) in [6.07, 6.45) is 6.21. The number of pyridine rings is 1. The van der Waals surface area contributed by atoms with Crippen LogP contribution in [-0.4, -0.2) is 20.6 Å². The molecule has 0 spiro atoms. The fourth-order valence-electron chi connectivity index (χ4n) is 1.43. The number of hydrogen-bond donors (Lipinski definition) is 1. The van der Waals surface area contributed by atoms with Gasteiger partial charge in [-0.1, -0.05) is 0 Å². The first-order chi connectivity index (χ1) is 7.16. The van der Waals surface area contributed by atoms with Gasteiger partial charge in [0.1, 0.15) is 5.65 Å². The van der Waals surface area contributed by atoms with Gasteiger partial charge in [0.05, 0.1) is 0 Å². The Labute approximate surface area is 86.5 Å². The smallest absolute Gasteiger partial charge is 0.328 e. The summed E-state index contributed by atoms with van der Waals surface area (Å²) in [6.45, 7) is 0. The molecular formula is C11H10N2O2. The lowest BCUT2D eigenvalue weighted by atomic mass is 10.2. The van der Waals surface area contributed by atoms with E-state index < -0.39 is 5.97 Å². The number of nitrogens with zero attached hydrogens (tertiary/aromatic N) is 2. The van der Waals surface area contributed by atoms with E-state index in [0.29, 0.717) is 0 Å². The predicted molar refractivity (Wildman–Crippen MR) is 57.4 cm³/mol. The van der Waals surface area contributed by atoms with Crippen molar-refractivity contribution in [2.75, 3.05) is 0 Å². The van der Waals surface area contributed by atoms with Crippen LogP contribution in [0.15, 0.2) is 30.6 Å². The molecule has 0 saturated carbocycles. The molecule has 0 aliphatic rings. The Kier molecular flexibility index (Phi) is 2.25. The Morgan fingerprint density at radius 3 is 3.13 bits per heavy atom. The zero-order valence-electron chi connectivity index (χ0n) is 8.21. The molecule has 0 aliphatic heterocycles. The van der Waals surface area contributed by atoms with Crippen LogP contribution >= 0.6 is 0 Å². The van der Waals surface area contributed by atoms with E-state index in [9.17, 15) is 4.79 Å². The molecule has 76 valence electrons. The van der Waals surface area contributed by atoms with Crippen molar-refractivity contribution in [1.29, 1.82) is 0 Å². The molecule has 0 aliphatic carbocycles. The third-order valence-corrected chi connectivity index (χ3v) is 2.15. The minimum atomic E-state index is -0.955. The maximum Gasteiger partial charge on any atom is 0.328 e. The van der Waals surface area contributed by atoms with Crippen molar-refractivity contribution in [3.05, 3.63) is 36.2 Å². The normalized spacial score (nSPS) is 11.3. The third kappa shape index (κ3) is 1.88. The summed E-state index contributed by atoms with van der Waals surface area (Å²) < 4.78 is 1.92. The van der Waals surface area contributed by atoms with Crippen molar-refractivity contribution in [3.63, 3.8) is 0 Å². The summed E-state index contributed by atoms with van der Waals surface area (Å²) in [5, 5.41) is 9.49. The zero-order chi connectivity index (χ0) is 10.8. The molecule has 0 atom stereocenters. The SMILES string of the molecule is Cn1ccc2cc(/C=C/C(=O)O)cnc21. The van der Waals surface area contributed by atoms with Gasteiger partial charge in [-0.2, -0.15) is 0 Å². The van der Waals surface area contributed by atoms with E-state index in [1.165, 1.54) is 6.08 Å². The zero-order valence-corrected chi connectivity index (χ0v) is 8.21. The average Bonchev–Trinajstić information content (AvgIpc) is 2.57. The van der Waals surface area contributed by atoms with E-state index >= 15 is 0 Å². The second-order valence-electron chi connectivity index (χ2n) is 3.28. The summed E-state index contributed by atoms with van der Waals surface area (Å²) in [5.74, 6) is -0.955. The molecule has 4 nitrogen and oxygen atoms in total. The van der Waals surface area contributed by atoms with Crippen LogP contribution in [0.2, 0.25) is 0 Å². The van der Waals surface area contributed by atoms with Crippen LogP contribution < -0.4 is 0 Å². The van der Waals surface area contributed by atoms with E-state index in [1.807, 2.05) is 29.9 Å². The molecule has 0 unspecified atom stereocenters. The summed E-state index contributed by atoms with van der Waals surface area (Å²) in [5.41, 5.74) is 1.68. The van der Waals surface area contributed by atoms with Gasteiger partial charge in [0.2, 0.25) is 0 Å². The maximum absolute atomic E-state index is 10.3. The maximum atomic E-state index is 10.3. The summed E-state index contributed by atoms with van der Waals surface area (Å²) in [7, 11) is 1.92. The summed E-state index contributed by atoms with van der Waals surface area (Å²) >= 11 is 0. The van der Waals surface area contributed by atoms with Crippen LogP contribution in [0.5, 0.6) is 0 Å². The standard InChI is InChI=1S/C11H10N2O2/c1-13-5-4-9-6-8(2-3-10(14)15)7-12-11(9)13/h2-7H,1H3,(H,14,15)/b3-2+. The minimum absolute atomic E-state index is 0.788. The number of hydrogen-bond acceptors (Lipinski definition) is 2. The van der Waals surface area contributed by atoms with Gasteiger partial charge in [-0.15, -0.1) is 0 Å². The lowest BCUT2D eigenvalue weighted by Crippen LogP contribution is -1.89. The quantitative estimate of drug-likeness (QED) is 0.753. The van der Waals surface area contributed by atoms with Gasteiger partial charge in [0.25, 0.3) is 0 Å². The number of carboxylic acid groups (broad SMARTS) is 1. The number of aromatic nitrogens is 2. The monoisotopic (exact) mass is 202 g/mol. The molecule has 2 aromatic rings. The predicted octanol–water partition coefficient (Wildman–Crippen LogP) is 1.67. The molecule has 2 heterocycles. The Balaban J connectivity index is 2.43. The number of rotatable bonds is 2. The highest BCUT2D eigenvalue weighted by Crippen LogP contribution is 2.14. The average molecular weight is 202 g/mol. The van der Waals surface area contributed by atoms with Crippen molar-refractivity contribution in [3.8, 4) is 0 Å². The van der Waals surface area contributed by atoms with Gasteiger partial charge in [-0.25, -0.2) is 9.78 Å². The van der Waals surface area contributed by atoms with Crippen LogP contribution in [0.1, 0.15) is 5.56 Å². The van der Waals surface area contributed by atoms with Crippen LogP contribution in [-0.2, 0) is 11.8 Å². The Bertz CT molecular complexity index is 541. The molecule has 0 saturated heterocycles. The van der Waals surface area contributed by atoms with E-state index in [2.05, 4.69) is 4.98 Å². The topological polar surface area (TPSA) is 55.1 Å². The molecule has 0 aromatic carbocycles. The molecule has 1 N–H and O–H groups in total. The van der Waals surface area contributed by atoms with Gasteiger partial charge in [0.15, 0.2) is 0 Å². The molecule has 0 fully saturated rings. The minimum Gasteiger partial charge on any atom is -0.478 e. The second kappa shape index (κ2) is 3.57. The first-order valence-corrected chi connectivity index (χ1v) is 4.49. The van der Waals surface area contributed by atoms with Crippen LogP contribution in [0.25, 0.3) is 17.1 Å². The number of carbonyl (C=O) groups is 1. The largest absolute Gasteiger partial charge is 0.478 e. The Morgan fingerprint density at radius 1 is 1.60 bits per heavy atom. The van der Waals surface area contributed by atoms with E-state index in [-0.39, 0.29) is 0 Å². The Morgan fingerprint density at radius 2 is 2.40 bits per heavy atom. The summed E-state index contributed by atoms with van der Waals surface area (Å²) in [6, 6.07) is 3.85. The fourth-order valence-corrected chi connectivity index (χ4v) is 1.43. The van der Waals surface area contributed by atoms with Gasteiger partial charge in [-0.3, -0.25) is 0 Å². The van der Waals surface area contributed by atoms with Crippen molar-refractivity contribution >= 4 is 23.1 Å². The molecular weight excluding hydrogens is 192 g/mol. The van der Waals surface area contributed by atoms with Crippen molar-refractivity contribution in [1.82, 2.24) is 9.55 Å². The van der Waals surface area contributed by atoms with Crippen LogP contribution in [0, 0.1) is 0 Å². The van der Waals surface area contributed by atoms with E-state index in [0.717, 1.165) is 22.7 Å². The van der Waals surface area contributed by atoms with Crippen LogP contribution in [0.3, 0.4) is 0 Å². The highest BCUT2D eigenvalue weighted by atomic mass is 16.4. The number of aryl methyl sites for hydroxylation is 1. The molecule has 0 amide bonds. The third-order valence-electron chi connectivity index (χ3n) is 2.15. The summed E-state index contributed by atoms with van der Waals surface area (Å²) in [4.78, 5) is 14.6. The molecule has 15 heavy (non-hydrogen) atoms. The van der Waals surface area contributed by atoms with Crippen molar-refractivity contribution in [2.24, 2.45) is 7.05 Å². The lowest BCUT2D eigenvalue weighted by Gasteiger charge is -1.96. The molecule has 2 aromatic heterocycles. The van der Waals surface area contributed by atoms with Gasteiger partial charge < -0.3 is 9.67 Å². The molecule has 0 radical (unpaired) electrons. The first-order valence-electron chi connectivity index (χ1n) is 4.49. The fraction of sp³-hybridized carbons (Fsp3) is 0.0909. The molecule has 4 heteroatoms. The highest BCUT2D eigenvalue weighted by molar-refractivity contribution is 5.86. The number of fused-ring (bicyclic) bond motifs is 1. The molecule has 0 bridgehead atoms. The van der Waals surface area contributed by atoms with Crippen molar-refractivity contribution in [2.45, 2.75) is 0 Å². The molecule has 2 rings (SSSR count). The lowest BCUT2D eigenvalue weighted by molar-refractivity contribution is -0.131. The van der Waals surface area contributed by atoms with E-state index in [4.69, 9.17) is 5.11 Å². The highest BCUT2D eigenvalue weighted by Gasteiger charge is 1.99. The van der Waals surface area contributed by atoms with Gasteiger partial charge in [-0.05, 0) is 23.8 Å². The first kappa shape index (κ1) is 9.45. The number of carboxylic acids is 1. The van der Waals surface area contributed by atoms with Crippen LogP contribution in [0.4, 0.5) is 0 Å². The van der Waals surface area contributed by atoms with Crippen molar-refractivity contribution < 1.29 is 9.90 Å².